The maximum Gasteiger partial charge on any atom is 0.251 e. The number of hydrogen-bond acceptors (Lipinski definition) is 6. The van der Waals surface area contributed by atoms with Crippen LogP contribution in [0.25, 0.3) is 22.0 Å². The molecule has 2 aliphatic heterocycles. The Kier molecular flexibility index (Phi) is 6.88. The Morgan fingerprint density at radius 1 is 0.892 bits per heavy atom. The van der Waals surface area contributed by atoms with Gasteiger partial charge in [-0.1, -0.05) is 24.3 Å². The number of nitrogens with one attached hydrogen (secondary N) is 1. The van der Waals surface area contributed by atoms with Crippen LogP contribution in [0.4, 0.5) is 0 Å². The van der Waals surface area contributed by atoms with Gasteiger partial charge in [0.15, 0.2) is 11.5 Å². The van der Waals surface area contributed by atoms with E-state index in [1.54, 1.807) is 18.5 Å². The maximum absolute atomic E-state index is 13.2. The standard InChI is InChI=1S/C30H32N4O3/c35-30-20-26(23-7-11-31-12-8-23)25-3-1-2-4-27(25)34(30)16-15-33-13-9-24(10-14-33)32-21-22-5-6-28-29(19-22)37-18-17-36-28/h1-8,11-12,19-20,24,32H,9-10,13-18,21H2. The van der Waals surface area contributed by atoms with Crippen molar-refractivity contribution in [3.05, 3.63) is 89.0 Å². The van der Waals surface area contributed by atoms with Crippen molar-refractivity contribution in [2.45, 2.75) is 32.0 Å². The summed E-state index contributed by atoms with van der Waals surface area (Å²) < 4.78 is 13.3. The fraction of sp³-hybridized carbons (Fsp3) is 0.333. The highest BCUT2D eigenvalue weighted by Crippen LogP contribution is 2.31. The minimum absolute atomic E-state index is 0.0430. The van der Waals surface area contributed by atoms with Gasteiger partial charge in [0, 0.05) is 49.5 Å². The van der Waals surface area contributed by atoms with Crippen LogP contribution >= 0.6 is 0 Å². The molecule has 6 rings (SSSR count). The summed E-state index contributed by atoms with van der Waals surface area (Å²) >= 11 is 0. The van der Waals surface area contributed by atoms with Gasteiger partial charge >= 0.3 is 0 Å². The number of para-hydroxylation sites is 1. The molecule has 0 unspecified atom stereocenters. The first-order valence-corrected chi connectivity index (χ1v) is 13.1. The predicted octanol–water partition coefficient (Wildman–Crippen LogP) is 4.09. The molecule has 4 aromatic rings. The van der Waals surface area contributed by atoms with Gasteiger partial charge in [-0.25, -0.2) is 0 Å². The molecule has 0 bridgehead atoms. The van der Waals surface area contributed by atoms with Crippen LogP contribution in [0.1, 0.15) is 18.4 Å². The first-order chi connectivity index (χ1) is 18.2. The molecule has 0 aliphatic carbocycles. The van der Waals surface area contributed by atoms with Gasteiger partial charge in [0.25, 0.3) is 5.56 Å². The van der Waals surface area contributed by atoms with E-state index in [0.29, 0.717) is 25.8 Å². The topological polar surface area (TPSA) is 68.6 Å². The lowest BCUT2D eigenvalue weighted by Crippen LogP contribution is -2.43. The Balaban J connectivity index is 1.06. The normalized spacial score (nSPS) is 16.2. The number of fused-ring (bicyclic) bond motifs is 2. The molecule has 2 aromatic carbocycles. The van der Waals surface area contributed by atoms with Crippen molar-refractivity contribution in [1.29, 1.82) is 0 Å². The Hall–Kier alpha value is -3.68. The number of benzene rings is 2. The van der Waals surface area contributed by atoms with Crippen LogP contribution in [-0.4, -0.2) is 53.3 Å². The second-order valence-corrected chi connectivity index (χ2v) is 9.78. The van der Waals surface area contributed by atoms with Crippen LogP contribution in [0.15, 0.2) is 77.9 Å². The first-order valence-electron chi connectivity index (χ1n) is 13.1. The summed E-state index contributed by atoms with van der Waals surface area (Å²) in [6.07, 6.45) is 5.73. The molecule has 1 N–H and O–H groups in total. The van der Waals surface area contributed by atoms with Crippen LogP contribution in [0.5, 0.6) is 11.5 Å². The molecule has 0 spiro atoms. The van der Waals surface area contributed by atoms with E-state index >= 15 is 0 Å². The molecule has 190 valence electrons. The average molecular weight is 497 g/mol. The van der Waals surface area contributed by atoms with Gasteiger partial charge < -0.3 is 24.3 Å². The van der Waals surface area contributed by atoms with E-state index in [0.717, 1.165) is 72.5 Å². The third-order valence-electron chi connectivity index (χ3n) is 7.44. The van der Waals surface area contributed by atoms with E-state index < -0.39 is 0 Å². The quantitative estimate of drug-likeness (QED) is 0.416. The molecule has 4 heterocycles. The molecule has 1 saturated heterocycles. The van der Waals surface area contributed by atoms with Crippen LogP contribution in [0.2, 0.25) is 0 Å². The van der Waals surface area contributed by atoms with Crippen molar-refractivity contribution < 1.29 is 9.47 Å². The van der Waals surface area contributed by atoms with E-state index in [4.69, 9.17) is 9.47 Å². The second-order valence-electron chi connectivity index (χ2n) is 9.78. The summed E-state index contributed by atoms with van der Waals surface area (Å²) in [6, 6.07) is 20.6. The number of nitrogens with zero attached hydrogens (tertiary/aromatic N) is 3. The summed E-state index contributed by atoms with van der Waals surface area (Å²) in [5.41, 5.74) is 4.22. The highest BCUT2D eigenvalue weighted by atomic mass is 16.6. The van der Waals surface area contributed by atoms with Crippen molar-refractivity contribution in [2.75, 3.05) is 32.8 Å². The zero-order valence-electron chi connectivity index (χ0n) is 20.9. The van der Waals surface area contributed by atoms with E-state index in [-0.39, 0.29) is 5.56 Å². The third-order valence-corrected chi connectivity index (χ3v) is 7.44. The molecule has 7 nitrogen and oxygen atoms in total. The first kappa shape index (κ1) is 23.7. The number of pyridine rings is 2. The number of piperidine rings is 1. The van der Waals surface area contributed by atoms with Crippen molar-refractivity contribution in [1.82, 2.24) is 19.8 Å². The zero-order valence-corrected chi connectivity index (χ0v) is 20.9. The number of hydrogen-bond donors (Lipinski definition) is 1. The maximum atomic E-state index is 13.2. The largest absolute Gasteiger partial charge is 0.486 e. The molecule has 7 heteroatoms. The van der Waals surface area contributed by atoms with Crippen LogP contribution in [0.3, 0.4) is 0 Å². The Morgan fingerprint density at radius 3 is 2.51 bits per heavy atom. The summed E-state index contributed by atoms with van der Waals surface area (Å²) in [4.78, 5) is 19.8. The van der Waals surface area contributed by atoms with Crippen LogP contribution < -0.4 is 20.3 Å². The smallest absolute Gasteiger partial charge is 0.251 e. The second kappa shape index (κ2) is 10.7. The van der Waals surface area contributed by atoms with E-state index in [2.05, 4.69) is 39.5 Å². The van der Waals surface area contributed by atoms with Gasteiger partial charge in [-0.05, 0) is 73.0 Å². The minimum Gasteiger partial charge on any atom is -0.486 e. The predicted molar refractivity (Wildman–Crippen MR) is 145 cm³/mol. The number of likely N-dealkylation sites (tertiary alicyclic amines) is 1. The molecular weight excluding hydrogens is 464 g/mol. The molecule has 2 aromatic heterocycles. The highest BCUT2D eigenvalue weighted by Gasteiger charge is 2.20. The molecule has 0 atom stereocenters. The molecule has 0 amide bonds. The SMILES string of the molecule is O=c1cc(-c2ccncc2)c2ccccc2n1CCN1CCC(NCc2ccc3c(c2)OCCO3)CC1. The summed E-state index contributed by atoms with van der Waals surface area (Å²) in [5, 5.41) is 4.80. The van der Waals surface area contributed by atoms with Gasteiger partial charge in [-0.2, -0.15) is 0 Å². The van der Waals surface area contributed by atoms with E-state index in [1.807, 2.05) is 34.9 Å². The fourth-order valence-electron chi connectivity index (χ4n) is 5.40. The summed E-state index contributed by atoms with van der Waals surface area (Å²) in [6.45, 7) is 5.66. The average Bonchev–Trinajstić information content (AvgIpc) is 2.96. The van der Waals surface area contributed by atoms with Crippen LogP contribution in [-0.2, 0) is 13.1 Å². The monoisotopic (exact) mass is 496 g/mol. The van der Waals surface area contributed by atoms with Crippen molar-refractivity contribution in [3.8, 4) is 22.6 Å². The third kappa shape index (κ3) is 5.24. The molecule has 2 aliphatic rings. The van der Waals surface area contributed by atoms with Gasteiger partial charge in [-0.15, -0.1) is 0 Å². The van der Waals surface area contributed by atoms with Crippen molar-refractivity contribution in [3.63, 3.8) is 0 Å². The molecule has 0 radical (unpaired) electrons. The highest BCUT2D eigenvalue weighted by molar-refractivity contribution is 5.94. The van der Waals surface area contributed by atoms with Crippen LogP contribution in [0, 0.1) is 0 Å². The number of ether oxygens (including phenoxy) is 2. The molecule has 1 fully saturated rings. The van der Waals surface area contributed by atoms with E-state index in [1.165, 1.54) is 5.56 Å². The van der Waals surface area contributed by atoms with Gasteiger partial charge in [0.2, 0.25) is 0 Å². The minimum atomic E-state index is 0.0430. The summed E-state index contributed by atoms with van der Waals surface area (Å²) in [7, 11) is 0. The zero-order chi connectivity index (χ0) is 25.0. The Labute approximate surface area is 216 Å². The number of aromatic nitrogens is 2. The lowest BCUT2D eigenvalue weighted by molar-refractivity contribution is 0.171. The van der Waals surface area contributed by atoms with E-state index in [9.17, 15) is 4.79 Å². The Bertz CT molecular complexity index is 1430. The summed E-state index contributed by atoms with van der Waals surface area (Å²) in [5.74, 6) is 1.68. The Morgan fingerprint density at radius 2 is 1.68 bits per heavy atom. The molecule has 0 saturated carbocycles. The lowest BCUT2D eigenvalue weighted by atomic mass is 10.0. The van der Waals surface area contributed by atoms with Gasteiger partial charge in [0.05, 0.1) is 5.52 Å². The van der Waals surface area contributed by atoms with Gasteiger partial charge in [0.1, 0.15) is 13.2 Å². The fourth-order valence-corrected chi connectivity index (χ4v) is 5.40. The van der Waals surface area contributed by atoms with Crippen molar-refractivity contribution >= 4 is 10.9 Å². The lowest BCUT2D eigenvalue weighted by Gasteiger charge is -2.32. The molecular formula is C30H32N4O3. The van der Waals surface area contributed by atoms with Crippen molar-refractivity contribution in [2.24, 2.45) is 0 Å². The number of rotatable bonds is 7. The molecule has 37 heavy (non-hydrogen) atoms. The van der Waals surface area contributed by atoms with Gasteiger partial charge in [-0.3, -0.25) is 9.78 Å².